The molecule has 3 rings (SSSR count). The van der Waals surface area contributed by atoms with Crippen molar-refractivity contribution < 1.29 is 9.59 Å². The van der Waals surface area contributed by atoms with Crippen LogP contribution in [0.25, 0.3) is 0 Å². The van der Waals surface area contributed by atoms with Gasteiger partial charge in [0.1, 0.15) is 5.37 Å². The van der Waals surface area contributed by atoms with Gasteiger partial charge in [0, 0.05) is 23.2 Å². The number of hydrogen-bond donors (Lipinski definition) is 1. The molecule has 1 heterocycles. The van der Waals surface area contributed by atoms with E-state index < -0.39 is 0 Å². The summed E-state index contributed by atoms with van der Waals surface area (Å²) in [5.74, 6) is 0.525. The summed E-state index contributed by atoms with van der Waals surface area (Å²) in [6, 6.07) is 15.3. The van der Waals surface area contributed by atoms with Crippen molar-refractivity contribution >= 4 is 35.2 Å². The smallest absolute Gasteiger partial charge is 0.251 e. The summed E-state index contributed by atoms with van der Waals surface area (Å²) in [5, 5.41) is 3.61. The predicted octanol–water partition coefficient (Wildman–Crippen LogP) is 4.64. The molecule has 4 nitrogen and oxygen atoms in total. The highest BCUT2D eigenvalue weighted by Gasteiger charge is 2.32. The molecule has 2 atom stereocenters. The lowest BCUT2D eigenvalue weighted by atomic mass is 10.1. The molecule has 2 aromatic carbocycles. The largest absolute Gasteiger partial charge is 0.350 e. The van der Waals surface area contributed by atoms with E-state index in [1.165, 1.54) is 0 Å². The molecule has 0 unspecified atom stereocenters. The second kappa shape index (κ2) is 8.81. The summed E-state index contributed by atoms with van der Waals surface area (Å²) in [4.78, 5) is 26.5. The maximum Gasteiger partial charge on any atom is 0.251 e. The summed E-state index contributed by atoms with van der Waals surface area (Å²) in [7, 11) is 0. The third-order valence-electron chi connectivity index (χ3n) is 4.68. The molecule has 0 radical (unpaired) electrons. The maximum absolute atomic E-state index is 12.4. The predicted molar refractivity (Wildman–Crippen MR) is 111 cm³/mol. The van der Waals surface area contributed by atoms with Crippen LogP contribution >= 0.6 is 23.4 Å². The summed E-state index contributed by atoms with van der Waals surface area (Å²) < 4.78 is 0. The average Bonchev–Trinajstić information content (AvgIpc) is 3.04. The van der Waals surface area contributed by atoms with Crippen molar-refractivity contribution in [3.63, 3.8) is 0 Å². The van der Waals surface area contributed by atoms with Crippen LogP contribution in [-0.2, 0) is 11.3 Å². The lowest BCUT2D eigenvalue weighted by molar-refractivity contribution is -0.128. The molecule has 2 amide bonds. The minimum Gasteiger partial charge on any atom is -0.350 e. The molecule has 1 aliphatic rings. The van der Waals surface area contributed by atoms with Crippen molar-refractivity contribution in [2.45, 2.75) is 38.2 Å². The fourth-order valence-corrected chi connectivity index (χ4v) is 4.21. The van der Waals surface area contributed by atoms with Crippen molar-refractivity contribution in [1.82, 2.24) is 10.2 Å². The molecule has 0 spiro atoms. The molecule has 1 saturated heterocycles. The summed E-state index contributed by atoms with van der Waals surface area (Å²) in [6.07, 6.45) is 0.893. The van der Waals surface area contributed by atoms with E-state index in [0.717, 1.165) is 17.5 Å². The van der Waals surface area contributed by atoms with Crippen LogP contribution in [0, 0.1) is 0 Å². The highest BCUT2D eigenvalue weighted by Crippen LogP contribution is 2.39. The van der Waals surface area contributed by atoms with E-state index in [1.54, 1.807) is 11.8 Å². The van der Waals surface area contributed by atoms with Crippen LogP contribution in [0.5, 0.6) is 0 Å². The van der Waals surface area contributed by atoms with Gasteiger partial charge < -0.3 is 10.2 Å². The first-order valence-electron chi connectivity index (χ1n) is 9.04. The van der Waals surface area contributed by atoms with E-state index in [-0.39, 0.29) is 23.2 Å². The standard InChI is InChI=1S/C21H23ClN2O2S/c1-3-14(2)23-20(26)16-6-8-17(9-7-16)21-24(19(25)13-27-21)12-15-4-10-18(22)11-5-15/h4-11,14,21H,3,12-13H2,1-2H3,(H,23,26)/t14-,21-/m0/s1. The zero-order valence-electron chi connectivity index (χ0n) is 15.4. The molecular weight excluding hydrogens is 380 g/mol. The van der Waals surface area contributed by atoms with E-state index in [4.69, 9.17) is 11.6 Å². The van der Waals surface area contributed by atoms with Crippen molar-refractivity contribution in [1.29, 1.82) is 0 Å². The van der Waals surface area contributed by atoms with Gasteiger partial charge in [-0.3, -0.25) is 9.59 Å². The number of nitrogens with zero attached hydrogens (tertiary/aromatic N) is 1. The Labute approximate surface area is 169 Å². The minimum atomic E-state index is -0.0657. The van der Waals surface area contributed by atoms with Crippen molar-refractivity contribution in [3.8, 4) is 0 Å². The molecule has 0 saturated carbocycles. The molecule has 1 N–H and O–H groups in total. The van der Waals surface area contributed by atoms with E-state index in [2.05, 4.69) is 5.32 Å². The lowest BCUT2D eigenvalue weighted by Crippen LogP contribution is -2.32. The molecule has 0 bridgehead atoms. The zero-order valence-corrected chi connectivity index (χ0v) is 17.0. The first-order chi connectivity index (χ1) is 13.0. The highest BCUT2D eigenvalue weighted by atomic mass is 35.5. The van der Waals surface area contributed by atoms with Gasteiger partial charge in [-0.2, -0.15) is 0 Å². The van der Waals surface area contributed by atoms with Gasteiger partial charge in [-0.05, 0) is 48.7 Å². The quantitative estimate of drug-likeness (QED) is 0.765. The van der Waals surface area contributed by atoms with Gasteiger partial charge in [-0.15, -0.1) is 11.8 Å². The monoisotopic (exact) mass is 402 g/mol. The van der Waals surface area contributed by atoms with Gasteiger partial charge in [0.25, 0.3) is 5.91 Å². The Bertz CT molecular complexity index is 808. The number of hydrogen-bond acceptors (Lipinski definition) is 3. The number of nitrogens with one attached hydrogen (secondary N) is 1. The first kappa shape index (κ1) is 19.8. The van der Waals surface area contributed by atoms with Crippen LogP contribution in [0.15, 0.2) is 48.5 Å². The molecule has 0 aliphatic carbocycles. The van der Waals surface area contributed by atoms with E-state index in [1.807, 2.05) is 67.3 Å². The third kappa shape index (κ3) is 4.85. The molecule has 142 valence electrons. The second-order valence-electron chi connectivity index (χ2n) is 6.72. The number of halogens is 1. The highest BCUT2D eigenvalue weighted by molar-refractivity contribution is 8.00. The van der Waals surface area contributed by atoms with Crippen LogP contribution in [-0.4, -0.2) is 28.5 Å². The lowest BCUT2D eigenvalue weighted by Gasteiger charge is -2.24. The number of rotatable bonds is 6. The number of carbonyl (C=O) groups is 2. The Hall–Kier alpha value is -1.98. The van der Waals surface area contributed by atoms with Crippen molar-refractivity contribution in [2.75, 3.05) is 5.75 Å². The Morgan fingerprint density at radius 2 is 1.89 bits per heavy atom. The van der Waals surface area contributed by atoms with Gasteiger partial charge in [-0.1, -0.05) is 42.8 Å². The Balaban J connectivity index is 1.73. The Kier molecular flexibility index (Phi) is 6.45. The number of carbonyl (C=O) groups excluding carboxylic acids is 2. The topological polar surface area (TPSA) is 49.4 Å². The SMILES string of the molecule is CC[C@H](C)NC(=O)c1ccc([C@@H]2SCC(=O)N2Cc2ccc(Cl)cc2)cc1. The van der Waals surface area contributed by atoms with E-state index in [0.29, 0.717) is 22.9 Å². The molecule has 0 aromatic heterocycles. The average molecular weight is 403 g/mol. The van der Waals surface area contributed by atoms with Gasteiger partial charge in [-0.25, -0.2) is 0 Å². The molecule has 27 heavy (non-hydrogen) atoms. The van der Waals surface area contributed by atoms with Crippen LogP contribution in [0.3, 0.4) is 0 Å². The van der Waals surface area contributed by atoms with Crippen LogP contribution < -0.4 is 5.32 Å². The summed E-state index contributed by atoms with van der Waals surface area (Å²) >= 11 is 7.56. The summed E-state index contributed by atoms with van der Waals surface area (Å²) in [5.41, 5.74) is 2.71. The van der Waals surface area contributed by atoms with Crippen LogP contribution in [0.2, 0.25) is 5.02 Å². The number of thioether (sulfide) groups is 1. The Morgan fingerprint density at radius 1 is 1.22 bits per heavy atom. The second-order valence-corrected chi connectivity index (χ2v) is 8.22. The van der Waals surface area contributed by atoms with Gasteiger partial charge in [0.2, 0.25) is 5.91 Å². The molecule has 1 aliphatic heterocycles. The molecular formula is C21H23ClN2O2S. The zero-order chi connectivity index (χ0) is 19.4. The van der Waals surface area contributed by atoms with Crippen molar-refractivity contribution in [2.24, 2.45) is 0 Å². The van der Waals surface area contributed by atoms with Crippen LogP contribution in [0.4, 0.5) is 0 Å². The maximum atomic E-state index is 12.4. The third-order valence-corrected chi connectivity index (χ3v) is 6.19. The first-order valence-corrected chi connectivity index (χ1v) is 10.5. The van der Waals surface area contributed by atoms with Crippen LogP contribution in [0.1, 0.15) is 47.1 Å². The van der Waals surface area contributed by atoms with Gasteiger partial charge in [0.05, 0.1) is 5.75 Å². The van der Waals surface area contributed by atoms with E-state index >= 15 is 0 Å². The summed E-state index contributed by atoms with van der Waals surface area (Å²) in [6.45, 7) is 4.57. The molecule has 2 aromatic rings. The molecule has 1 fully saturated rings. The number of benzene rings is 2. The minimum absolute atomic E-state index is 0.0418. The number of amides is 2. The molecule has 6 heteroatoms. The van der Waals surface area contributed by atoms with Gasteiger partial charge >= 0.3 is 0 Å². The Morgan fingerprint density at radius 3 is 2.52 bits per heavy atom. The fraction of sp³-hybridized carbons (Fsp3) is 0.333. The normalized spacial score (nSPS) is 17.8. The van der Waals surface area contributed by atoms with E-state index in [9.17, 15) is 9.59 Å². The fourth-order valence-electron chi connectivity index (χ4n) is 2.90. The van der Waals surface area contributed by atoms with Gasteiger partial charge in [0.15, 0.2) is 0 Å². The van der Waals surface area contributed by atoms with Crippen molar-refractivity contribution in [3.05, 3.63) is 70.2 Å².